The molecular formula is C11H18N2O3. The van der Waals surface area contributed by atoms with Crippen molar-refractivity contribution in [3.8, 4) is 5.88 Å². The molecule has 0 bridgehead atoms. The molecule has 1 rings (SSSR count). The minimum atomic E-state index is -0.751. The van der Waals surface area contributed by atoms with Gasteiger partial charge in [0.2, 0.25) is 5.88 Å². The fourth-order valence-electron chi connectivity index (χ4n) is 1.37. The fraction of sp³-hybridized carbons (Fsp3) is 0.636. The molecule has 0 aliphatic rings. The molecule has 0 saturated heterocycles. The van der Waals surface area contributed by atoms with Gasteiger partial charge in [-0.15, -0.1) is 0 Å². The van der Waals surface area contributed by atoms with Crippen LogP contribution in [-0.2, 0) is 4.74 Å². The summed E-state index contributed by atoms with van der Waals surface area (Å²) in [4.78, 5) is 8.06. The van der Waals surface area contributed by atoms with Crippen LogP contribution in [0.4, 0.5) is 0 Å². The third-order valence-electron chi connectivity index (χ3n) is 2.44. The monoisotopic (exact) mass is 226 g/mol. The number of rotatable bonds is 5. The number of hydrogen-bond donors (Lipinski definition) is 1. The molecule has 1 N–H and O–H groups in total. The molecule has 0 radical (unpaired) electrons. The molecule has 16 heavy (non-hydrogen) atoms. The van der Waals surface area contributed by atoms with Gasteiger partial charge >= 0.3 is 0 Å². The van der Waals surface area contributed by atoms with Crippen LogP contribution in [0.1, 0.15) is 32.1 Å². The molecule has 0 spiro atoms. The van der Waals surface area contributed by atoms with Crippen LogP contribution >= 0.6 is 0 Å². The second-order valence-electron chi connectivity index (χ2n) is 4.13. The fourth-order valence-corrected chi connectivity index (χ4v) is 1.37. The van der Waals surface area contributed by atoms with Crippen molar-refractivity contribution in [2.75, 3.05) is 14.2 Å². The Morgan fingerprint density at radius 2 is 1.94 bits per heavy atom. The topological polar surface area (TPSA) is 64.5 Å². The molecule has 0 aliphatic heterocycles. The van der Waals surface area contributed by atoms with Gasteiger partial charge in [0.25, 0.3) is 0 Å². The van der Waals surface area contributed by atoms with Gasteiger partial charge in [-0.2, -0.15) is 0 Å². The Morgan fingerprint density at radius 1 is 1.31 bits per heavy atom. The van der Waals surface area contributed by atoms with E-state index in [0.717, 1.165) is 0 Å². The van der Waals surface area contributed by atoms with Crippen LogP contribution in [0, 0.1) is 0 Å². The van der Waals surface area contributed by atoms with E-state index in [2.05, 4.69) is 9.97 Å². The summed E-state index contributed by atoms with van der Waals surface area (Å²) < 4.78 is 10.3. The molecule has 0 saturated carbocycles. The number of aliphatic hydroxyl groups excluding tert-OH is 1. The zero-order chi connectivity index (χ0) is 12.2. The Balaban J connectivity index is 2.84. The van der Waals surface area contributed by atoms with Crippen molar-refractivity contribution in [3.05, 3.63) is 18.1 Å². The molecule has 0 fully saturated rings. The van der Waals surface area contributed by atoms with Gasteiger partial charge in [-0.25, -0.2) is 4.98 Å². The lowest BCUT2D eigenvalue weighted by Crippen LogP contribution is -2.26. The first kappa shape index (κ1) is 12.9. The van der Waals surface area contributed by atoms with E-state index in [9.17, 15) is 5.11 Å². The first-order valence-electron chi connectivity index (χ1n) is 5.08. The zero-order valence-electron chi connectivity index (χ0n) is 10.1. The van der Waals surface area contributed by atoms with E-state index in [-0.39, 0.29) is 0 Å². The lowest BCUT2D eigenvalue weighted by molar-refractivity contribution is -0.0216. The number of aliphatic hydroxyl groups is 1. The minimum absolute atomic E-state index is 0.349. The molecule has 0 amide bonds. The van der Waals surface area contributed by atoms with E-state index < -0.39 is 11.7 Å². The van der Waals surface area contributed by atoms with Crippen LogP contribution in [0.2, 0.25) is 0 Å². The zero-order valence-corrected chi connectivity index (χ0v) is 10.1. The quantitative estimate of drug-likeness (QED) is 0.820. The van der Waals surface area contributed by atoms with Crippen molar-refractivity contribution < 1.29 is 14.6 Å². The van der Waals surface area contributed by atoms with E-state index in [4.69, 9.17) is 9.47 Å². The van der Waals surface area contributed by atoms with Crippen molar-refractivity contribution in [3.63, 3.8) is 0 Å². The van der Waals surface area contributed by atoms with E-state index in [0.29, 0.717) is 18.0 Å². The van der Waals surface area contributed by atoms with Gasteiger partial charge in [0.1, 0.15) is 11.8 Å². The van der Waals surface area contributed by atoms with Crippen LogP contribution in [0.5, 0.6) is 5.88 Å². The number of aromatic nitrogens is 2. The summed E-state index contributed by atoms with van der Waals surface area (Å²) in [7, 11) is 3.11. The highest BCUT2D eigenvalue weighted by Gasteiger charge is 2.25. The third-order valence-corrected chi connectivity index (χ3v) is 2.44. The highest BCUT2D eigenvalue weighted by molar-refractivity contribution is 5.19. The van der Waals surface area contributed by atoms with Gasteiger partial charge in [0, 0.05) is 25.9 Å². The van der Waals surface area contributed by atoms with Gasteiger partial charge in [-0.1, -0.05) is 0 Å². The van der Waals surface area contributed by atoms with Crippen LogP contribution in [-0.4, -0.2) is 34.9 Å². The van der Waals surface area contributed by atoms with E-state index >= 15 is 0 Å². The molecule has 1 aromatic rings. The second-order valence-corrected chi connectivity index (χ2v) is 4.13. The summed E-state index contributed by atoms with van der Waals surface area (Å²) in [6.45, 7) is 3.80. The number of nitrogens with zero attached hydrogens (tertiary/aromatic N) is 2. The Bertz CT molecular complexity index is 342. The second kappa shape index (κ2) is 5.23. The van der Waals surface area contributed by atoms with Crippen molar-refractivity contribution >= 4 is 0 Å². The molecule has 0 aliphatic carbocycles. The highest BCUT2D eigenvalue weighted by Crippen LogP contribution is 2.28. The first-order valence-corrected chi connectivity index (χ1v) is 5.08. The molecule has 5 nitrogen and oxygen atoms in total. The molecule has 1 unspecified atom stereocenters. The summed E-state index contributed by atoms with van der Waals surface area (Å²) in [5, 5.41) is 10.0. The maximum absolute atomic E-state index is 10.0. The average Bonchev–Trinajstić information content (AvgIpc) is 2.28. The normalized spacial score (nSPS) is 13.6. The Hall–Kier alpha value is -1.20. The van der Waals surface area contributed by atoms with Gasteiger partial charge in [-0.05, 0) is 13.8 Å². The minimum Gasteiger partial charge on any atom is -0.480 e. The summed E-state index contributed by atoms with van der Waals surface area (Å²) >= 11 is 0. The molecule has 0 aromatic carbocycles. The van der Waals surface area contributed by atoms with Gasteiger partial charge in [0.05, 0.1) is 12.7 Å². The van der Waals surface area contributed by atoms with Crippen molar-refractivity contribution in [2.45, 2.75) is 32.0 Å². The lowest BCUT2D eigenvalue weighted by Gasteiger charge is -2.25. The Kier molecular flexibility index (Phi) is 4.20. The SMILES string of the molecule is COc1nccnc1C(O)CC(C)(C)OC. The van der Waals surface area contributed by atoms with Crippen LogP contribution in [0.3, 0.4) is 0 Å². The maximum Gasteiger partial charge on any atom is 0.238 e. The highest BCUT2D eigenvalue weighted by atomic mass is 16.5. The van der Waals surface area contributed by atoms with E-state index in [1.807, 2.05) is 13.8 Å². The van der Waals surface area contributed by atoms with Crippen LogP contribution < -0.4 is 4.74 Å². The van der Waals surface area contributed by atoms with Crippen LogP contribution in [0.25, 0.3) is 0 Å². The Morgan fingerprint density at radius 3 is 2.50 bits per heavy atom. The predicted octanol–water partition coefficient (Wildman–Crippen LogP) is 1.33. The first-order chi connectivity index (χ1) is 7.50. The summed E-state index contributed by atoms with van der Waals surface area (Å²) in [5.41, 5.74) is 0.0252. The van der Waals surface area contributed by atoms with Crippen molar-refractivity contribution in [1.82, 2.24) is 9.97 Å². The molecule has 5 heteroatoms. The summed E-state index contributed by atoms with van der Waals surface area (Å²) in [6, 6.07) is 0. The van der Waals surface area contributed by atoms with Crippen molar-refractivity contribution in [1.29, 1.82) is 0 Å². The number of ether oxygens (including phenoxy) is 2. The molecule has 1 heterocycles. The predicted molar refractivity (Wildman–Crippen MR) is 59.2 cm³/mol. The van der Waals surface area contributed by atoms with E-state index in [1.165, 1.54) is 19.5 Å². The summed E-state index contributed by atoms with van der Waals surface area (Å²) in [6.07, 6.45) is 2.73. The summed E-state index contributed by atoms with van der Waals surface area (Å²) in [5.74, 6) is 0.349. The maximum atomic E-state index is 10.0. The smallest absolute Gasteiger partial charge is 0.238 e. The van der Waals surface area contributed by atoms with Gasteiger partial charge < -0.3 is 14.6 Å². The number of methoxy groups -OCH3 is 2. The average molecular weight is 226 g/mol. The molecular weight excluding hydrogens is 208 g/mol. The molecule has 1 aromatic heterocycles. The van der Waals surface area contributed by atoms with Gasteiger partial charge in [0.15, 0.2) is 0 Å². The van der Waals surface area contributed by atoms with Crippen LogP contribution in [0.15, 0.2) is 12.4 Å². The molecule has 1 atom stereocenters. The van der Waals surface area contributed by atoms with Gasteiger partial charge in [-0.3, -0.25) is 4.98 Å². The van der Waals surface area contributed by atoms with Crippen molar-refractivity contribution in [2.24, 2.45) is 0 Å². The lowest BCUT2D eigenvalue weighted by atomic mass is 9.99. The number of hydrogen-bond acceptors (Lipinski definition) is 5. The van der Waals surface area contributed by atoms with E-state index in [1.54, 1.807) is 7.11 Å². The molecule has 90 valence electrons. The standard InChI is InChI=1S/C11H18N2O3/c1-11(2,16-4)7-8(14)9-10(15-3)13-6-5-12-9/h5-6,8,14H,7H2,1-4H3. The Labute approximate surface area is 95.4 Å². The largest absolute Gasteiger partial charge is 0.480 e. The third kappa shape index (κ3) is 3.15.